The summed E-state index contributed by atoms with van der Waals surface area (Å²) in [6, 6.07) is 11.2. The molecule has 0 spiro atoms. The molecule has 0 bridgehead atoms. The molecule has 1 aliphatic heterocycles. The van der Waals surface area contributed by atoms with E-state index < -0.39 is 0 Å². The van der Waals surface area contributed by atoms with Crippen molar-refractivity contribution in [3.8, 4) is 11.5 Å². The van der Waals surface area contributed by atoms with E-state index in [4.69, 9.17) is 33.3 Å². The molecule has 4 nitrogen and oxygen atoms in total. The lowest BCUT2D eigenvalue weighted by molar-refractivity contribution is -0.121. The van der Waals surface area contributed by atoms with E-state index in [1.54, 1.807) is 20.2 Å². The van der Waals surface area contributed by atoms with Gasteiger partial charge in [0.2, 0.25) is 0 Å². The SMILES string of the molecule is COc1cc(/C=C2\SC(=S)N(C)C2=O)cc(Br)c1OCc1ccc(Cl)cc1. The van der Waals surface area contributed by atoms with Crippen molar-refractivity contribution in [1.29, 1.82) is 0 Å². The fraction of sp³-hybridized carbons (Fsp3) is 0.158. The number of thiocarbonyl (C=S) groups is 1. The molecule has 1 heterocycles. The summed E-state index contributed by atoms with van der Waals surface area (Å²) in [5.41, 5.74) is 1.80. The molecular weight excluding hydrogens is 470 g/mol. The van der Waals surface area contributed by atoms with Crippen LogP contribution in [0.3, 0.4) is 0 Å². The van der Waals surface area contributed by atoms with E-state index in [-0.39, 0.29) is 5.91 Å². The molecule has 1 fully saturated rings. The standard InChI is InChI=1S/C19H15BrClNO3S2/c1-22-18(23)16(27-19(22)26)9-12-7-14(20)17(15(8-12)24-2)25-10-11-3-5-13(21)6-4-11/h3-9H,10H2,1-2H3/b16-9-. The maximum absolute atomic E-state index is 12.2. The molecule has 1 aliphatic rings. The molecule has 0 atom stereocenters. The number of rotatable bonds is 5. The molecule has 2 aromatic rings. The molecule has 2 aromatic carbocycles. The van der Waals surface area contributed by atoms with Gasteiger partial charge in [0.1, 0.15) is 10.9 Å². The highest BCUT2D eigenvalue weighted by Gasteiger charge is 2.28. The van der Waals surface area contributed by atoms with Crippen LogP contribution in [0.1, 0.15) is 11.1 Å². The van der Waals surface area contributed by atoms with Gasteiger partial charge < -0.3 is 9.47 Å². The van der Waals surface area contributed by atoms with Gasteiger partial charge >= 0.3 is 0 Å². The Kier molecular flexibility index (Phi) is 6.47. The van der Waals surface area contributed by atoms with Crippen molar-refractivity contribution in [1.82, 2.24) is 4.90 Å². The molecular formula is C19H15BrClNO3S2. The van der Waals surface area contributed by atoms with Crippen molar-refractivity contribution in [3.05, 3.63) is 61.9 Å². The van der Waals surface area contributed by atoms with Gasteiger partial charge in [-0.15, -0.1) is 0 Å². The molecule has 1 saturated heterocycles. The summed E-state index contributed by atoms with van der Waals surface area (Å²) >= 11 is 15.9. The second kappa shape index (κ2) is 8.65. The van der Waals surface area contributed by atoms with Crippen LogP contribution >= 0.6 is 51.5 Å². The molecule has 27 heavy (non-hydrogen) atoms. The Morgan fingerprint density at radius 3 is 2.59 bits per heavy atom. The largest absolute Gasteiger partial charge is 0.493 e. The molecule has 0 N–H and O–H groups in total. The number of amides is 1. The van der Waals surface area contributed by atoms with Crippen LogP contribution in [-0.2, 0) is 11.4 Å². The number of ether oxygens (including phenoxy) is 2. The topological polar surface area (TPSA) is 38.8 Å². The molecule has 0 saturated carbocycles. The van der Waals surface area contributed by atoms with Crippen molar-refractivity contribution >= 4 is 67.8 Å². The summed E-state index contributed by atoms with van der Waals surface area (Å²) in [6.45, 7) is 0.375. The van der Waals surface area contributed by atoms with E-state index in [0.717, 1.165) is 15.6 Å². The minimum Gasteiger partial charge on any atom is -0.493 e. The first-order valence-corrected chi connectivity index (χ1v) is 10.2. The summed E-state index contributed by atoms with van der Waals surface area (Å²) in [7, 11) is 3.24. The number of benzene rings is 2. The zero-order valence-corrected chi connectivity index (χ0v) is 18.5. The van der Waals surface area contributed by atoms with Gasteiger partial charge in [0, 0.05) is 12.1 Å². The summed E-state index contributed by atoms with van der Waals surface area (Å²) in [4.78, 5) is 14.2. The van der Waals surface area contributed by atoms with Gasteiger partial charge in [-0.1, -0.05) is 47.7 Å². The quantitative estimate of drug-likeness (QED) is 0.413. The normalized spacial score (nSPS) is 15.6. The van der Waals surface area contributed by atoms with Crippen molar-refractivity contribution < 1.29 is 14.3 Å². The summed E-state index contributed by atoms with van der Waals surface area (Å²) in [5.74, 6) is 1.05. The Labute approximate surface area is 180 Å². The van der Waals surface area contributed by atoms with Crippen LogP contribution < -0.4 is 9.47 Å². The van der Waals surface area contributed by atoms with Gasteiger partial charge in [-0.05, 0) is 57.4 Å². The second-order valence-electron chi connectivity index (χ2n) is 5.69. The van der Waals surface area contributed by atoms with E-state index in [2.05, 4.69) is 15.9 Å². The number of hydrogen-bond donors (Lipinski definition) is 0. The Bertz CT molecular complexity index is 931. The smallest absolute Gasteiger partial charge is 0.265 e. The minimum atomic E-state index is -0.108. The summed E-state index contributed by atoms with van der Waals surface area (Å²) < 4.78 is 12.7. The van der Waals surface area contributed by atoms with Crippen LogP contribution in [0.4, 0.5) is 0 Å². The van der Waals surface area contributed by atoms with Gasteiger partial charge in [-0.2, -0.15) is 0 Å². The van der Waals surface area contributed by atoms with Gasteiger partial charge in [-0.3, -0.25) is 9.69 Å². The van der Waals surface area contributed by atoms with Crippen LogP contribution in [0.2, 0.25) is 5.02 Å². The van der Waals surface area contributed by atoms with E-state index in [9.17, 15) is 4.79 Å². The minimum absolute atomic E-state index is 0.108. The maximum Gasteiger partial charge on any atom is 0.265 e. The predicted molar refractivity (Wildman–Crippen MR) is 117 cm³/mol. The maximum atomic E-state index is 12.2. The fourth-order valence-corrected chi connectivity index (χ4v) is 4.28. The van der Waals surface area contributed by atoms with E-state index in [1.807, 2.05) is 36.4 Å². The Morgan fingerprint density at radius 1 is 1.30 bits per heavy atom. The molecule has 1 amide bonds. The van der Waals surface area contributed by atoms with Crippen molar-refractivity contribution in [2.24, 2.45) is 0 Å². The highest BCUT2D eigenvalue weighted by molar-refractivity contribution is 9.10. The zero-order valence-electron chi connectivity index (χ0n) is 14.5. The fourth-order valence-electron chi connectivity index (χ4n) is 2.40. The Morgan fingerprint density at radius 2 is 2.00 bits per heavy atom. The highest BCUT2D eigenvalue weighted by atomic mass is 79.9. The van der Waals surface area contributed by atoms with Crippen LogP contribution in [0.15, 0.2) is 45.8 Å². The second-order valence-corrected chi connectivity index (χ2v) is 8.66. The van der Waals surface area contributed by atoms with Crippen LogP contribution in [0.5, 0.6) is 11.5 Å². The molecule has 140 valence electrons. The first kappa shape index (κ1) is 20.2. The van der Waals surface area contributed by atoms with Crippen LogP contribution in [0, 0.1) is 0 Å². The Balaban J connectivity index is 1.84. The molecule has 3 rings (SSSR count). The average molecular weight is 485 g/mol. The van der Waals surface area contributed by atoms with Crippen LogP contribution in [-0.4, -0.2) is 29.3 Å². The molecule has 8 heteroatoms. The molecule has 0 radical (unpaired) electrons. The van der Waals surface area contributed by atoms with Gasteiger partial charge in [-0.25, -0.2) is 0 Å². The number of likely N-dealkylation sites (N-methyl/N-ethyl adjacent to an activating group) is 1. The third kappa shape index (κ3) is 4.66. The lowest BCUT2D eigenvalue weighted by atomic mass is 10.1. The number of hydrogen-bond acceptors (Lipinski definition) is 5. The van der Waals surface area contributed by atoms with E-state index >= 15 is 0 Å². The zero-order chi connectivity index (χ0) is 19.6. The predicted octanol–water partition coefficient (Wildman–Crippen LogP) is 5.52. The summed E-state index contributed by atoms with van der Waals surface area (Å²) in [6.07, 6.45) is 1.79. The van der Waals surface area contributed by atoms with Crippen molar-refractivity contribution in [3.63, 3.8) is 0 Å². The van der Waals surface area contributed by atoms with E-state index in [0.29, 0.717) is 32.4 Å². The summed E-state index contributed by atoms with van der Waals surface area (Å²) in [5, 5.41) is 0.680. The third-order valence-corrected chi connectivity index (χ3v) is 6.16. The number of halogens is 2. The average Bonchev–Trinajstić information content (AvgIpc) is 2.88. The van der Waals surface area contributed by atoms with Crippen molar-refractivity contribution in [2.75, 3.05) is 14.2 Å². The lowest BCUT2D eigenvalue weighted by Gasteiger charge is -2.14. The first-order valence-electron chi connectivity index (χ1n) is 7.85. The highest BCUT2D eigenvalue weighted by Crippen LogP contribution is 2.39. The number of nitrogens with zero attached hydrogens (tertiary/aromatic N) is 1. The molecule has 0 unspecified atom stereocenters. The monoisotopic (exact) mass is 483 g/mol. The molecule has 0 aromatic heterocycles. The third-order valence-electron chi connectivity index (χ3n) is 3.83. The van der Waals surface area contributed by atoms with Gasteiger partial charge in [0.05, 0.1) is 16.5 Å². The first-order chi connectivity index (χ1) is 12.9. The number of methoxy groups -OCH3 is 1. The lowest BCUT2D eigenvalue weighted by Crippen LogP contribution is -2.22. The number of carbonyl (C=O) groups is 1. The van der Waals surface area contributed by atoms with E-state index in [1.165, 1.54) is 16.7 Å². The number of thioether (sulfide) groups is 1. The van der Waals surface area contributed by atoms with Gasteiger partial charge in [0.15, 0.2) is 11.5 Å². The van der Waals surface area contributed by atoms with Gasteiger partial charge in [0.25, 0.3) is 5.91 Å². The molecule has 0 aliphatic carbocycles. The van der Waals surface area contributed by atoms with Crippen LogP contribution in [0.25, 0.3) is 6.08 Å². The van der Waals surface area contributed by atoms with Crippen molar-refractivity contribution in [2.45, 2.75) is 6.61 Å². The number of carbonyl (C=O) groups excluding carboxylic acids is 1. The Hall–Kier alpha value is -1.54.